The Bertz CT molecular complexity index is 868. The average molecular weight is 438 g/mol. The molecule has 0 saturated heterocycles. The van der Waals surface area contributed by atoms with Gasteiger partial charge in [0.2, 0.25) is 11.8 Å². The monoisotopic (exact) mass is 438 g/mol. The minimum Gasteiger partial charge on any atom is -0.493 e. The minimum absolute atomic E-state index is 0.00471. The number of alkyl halides is 3. The smallest absolute Gasteiger partial charge is 0.422 e. The molecular weight excluding hydrogens is 413 g/mol. The molecule has 1 heterocycles. The van der Waals surface area contributed by atoms with Gasteiger partial charge in [-0.15, -0.1) is 0 Å². The highest BCUT2D eigenvalue weighted by Gasteiger charge is 2.29. The molecule has 0 aliphatic heterocycles. The van der Waals surface area contributed by atoms with Crippen molar-refractivity contribution in [2.75, 3.05) is 20.3 Å². The Labute approximate surface area is 178 Å². The number of pyridine rings is 1. The van der Waals surface area contributed by atoms with Crippen LogP contribution in [0, 0.1) is 5.92 Å². The van der Waals surface area contributed by atoms with Gasteiger partial charge in [-0.1, -0.05) is 12.1 Å². The first-order valence-electron chi connectivity index (χ1n) is 10.0. The van der Waals surface area contributed by atoms with E-state index in [0.717, 1.165) is 11.1 Å². The summed E-state index contributed by atoms with van der Waals surface area (Å²) < 4.78 is 52.4. The summed E-state index contributed by atoms with van der Waals surface area (Å²) in [5, 5.41) is 2.83. The van der Waals surface area contributed by atoms with Crippen molar-refractivity contribution in [2.24, 2.45) is 5.92 Å². The van der Waals surface area contributed by atoms with E-state index >= 15 is 0 Å². The van der Waals surface area contributed by atoms with Gasteiger partial charge in [-0.2, -0.15) is 13.2 Å². The van der Waals surface area contributed by atoms with Gasteiger partial charge >= 0.3 is 6.18 Å². The number of halogens is 3. The number of carbonyl (C=O) groups is 1. The van der Waals surface area contributed by atoms with Crippen molar-refractivity contribution >= 4 is 5.91 Å². The van der Waals surface area contributed by atoms with E-state index in [4.69, 9.17) is 14.2 Å². The molecule has 1 fully saturated rings. The first-order chi connectivity index (χ1) is 14.8. The van der Waals surface area contributed by atoms with Crippen molar-refractivity contribution in [3.05, 3.63) is 47.7 Å². The molecule has 1 amide bonds. The highest BCUT2D eigenvalue weighted by molar-refractivity contribution is 5.76. The van der Waals surface area contributed by atoms with Crippen molar-refractivity contribution in [1.29, 1.82) is 0 Å². The van der Waals surface area contributed by atoms with Crippen LogP contribution in [-0.4, -0.2) is 37.4 Å². The van der Waals surface area contributed by atoms with Crippen molar-refractivity contribution in [1.82, 2.24) is 10.3 Å². The third-order valence-electron chi connectivity index (χ3n) is 4.71. The SMILES string of the molecule is COc1cc(CCC(=O)NCc2ccc(OCC3CC3)nc2)ccc1OCC(F)(F)F. The first-order valence-corrected chi connectivity index (χ1v) is 10.0. The van der Waals surface area contributed by atoms with E-state index < -0.39 is 12.8 Å². The molecule has 0 atom stereocenters. The second-order valence-electron chi connectivity index (χ2n) is 7.42. The largest absolute Gasteiger partial charge is 0.493 e. The Morgan fingerprint density at radius 2 is 1.90 bits per heavy atom. The quantitative estimate of drug-likeness (QED) is 0.573. The number of ether oxygens (including phenoxy) is 3. The van der Waals surface area contributed by atoms with E-state index in [2.05, 4.69) is 10.3 Å². The van der Waals surface area contributed by atoms with Crippen LogP contribution in [0.5, 0.6) is 17.4 Å². The number of benzene rings is 1. The van der Waals surface area contributed by atoms with Crippen molar-refractivity contribution in [3.8, 4) is 17.4 Å². The van der Waals surface area contributed by atoms with Crippen LogP contribution in [0.15, 0.2) is 36.5 Å². The van der Waals surface area contributed by atoms with E-state index in [1.165, 1.54) is 26.0 Å². The molecule has 6 nitrogen and oxygen atoms in total. The summed E-state index contributed by atoms with van der Waals surface area (Å²) in [5.41, 5.74) is 1.62. The minimum atomic E-state index is -4.43. The molecule has 1 aromatic carbocycles. The third-order valence-corrected chi connectivity index (χ3v) is 4.71. The van der Waals surface area contributed by atoms with E-state index in [1.807, 2.05) is 6.07 Å². The predicted octanol–water partition coefficient (Wildman–Crippen LogP) is 4.07. The van der Waals surface area contributed by atoms with Gasteiger partial charge in [0.25, 0.3) is 0 Å². The molecule has 1 aliphatic rings. The lowest BCUT2D eigenvalue weighted by atomic mass is 10.1. The molecule has 1 aliphatic carbocycles. The van der Waals surface area contributed by atoms with Crippen molar-refractivity contribution in [2.45, 2.75) is 38.4 Å². The van der Waals surface area contributed by atoms with Crippen molar-refractivity contribution in [3.63, 3.8) is 0 Å². The topological polar surface area (TPSA) is 69.7 Å². The molecule has 1 aromatic heterocycles. The lowest BCUT2D eigenvalue weighted by molar-refractivity contribution is -0.153. The number of carbonyl (C=O) groups excluding carboxylic acids is 1. The second kappa shape index (κ2) is 10.4. The van der Waals surface area contributed by atoms with E-state index in [0.29, 0.717) is 31.4 Å². The lowest BCUT2D eigenvalue weighted by Crippen LogP contribution is -2.23. The summed E-state index contributed by atoms with van der Waals surface area (Å²) in [6, 6.07) is 8.25. The maximum Gasteiger partial charge on any atom is 0.422 e. The summed E-state index contributed by atoms with van der Waals surface area (Å²) in [6.45, 7) is -0.348. The fraction of sp³-hybridized carbons (Fsp3) is 0.455. The van der Waals surface area contributed by atoms with Gasteiger partial charge in [0.05, 0.1) is 13.7 Å². The van der Waals surface area contributed by atoms with Gasteiger partial charge < -0.3 is 19.5 Å². The maximum atomic E-state index is 12.3. The molecule has 168 valence electrons. The number of nitrogens with one attached hydrogen (secondary N) is 1. The molecule has 1 saturated carbocycles. The highest BCUT2D eigenvalue weighted by atomic mass is 19.4. The van der Waals surface area contributed by atoms with E-state index in [9.17, 15) is 18.0 Å². The van der Waals surface area contributed by atoms with Crippen molar-refractivity contribution < 1.29 is 32.2 Å². The number of rotatable bonds is 11. The molecule has 1 N–H and O–H groups in total. The number of amides is 1. The van der Waals surface area contributed by atoms with Crippen LogP contribution in [0.1, 0.15) is 30.4 Å². The van der Waals surface area contributed by atoms with Crippen LogP contribution in [0.3, 0.4) is 0 Å². The molecule has 0 spiro atoms. The zero-order valence-electron chi connectivity index (χ0n) is 17.2. The summed E-state index contributed by atoms with van der Waals surface area (Å²) in [5.74, 6) is 1.29. The van der Waals surface area contributed by atoms with Crippen LogP contribution in [-0.2, 0) is 17.8 Å². The third kappa shape index (κ3) is 7.99. The highest BCUT2D eigenvalue weighted by Crippen LogP contribution is 2.30. The van der Waals surface area contributed by atoms with Crippen LogP contribution in [0.4, 0.5) is 13.2 Å². The second-order valence-corrected chi connectivity index (χ2v) is 7.42. The molecule has 31 heavy (non-hydrogen) atoms. The number of hydrogen-bond acceptors (Lipinski definition) is 5. The molecular formula is C22H25F3N2O4. The van der Waals surface area contributed by atoms with Gasteiger partial charge in [-0.05, 0) is 48.4 Å². The Kier molecular flexibility index (Phi) is 7.59. The summed E-state index contributed by atoms with van der Waals surface area (Å²) >= 11 is 0. The lowest BCUT2D eigenvalue weighted by Gasteiger charge is -2.13. The number of methoxy groups -OCH3 is 1. The van der Waals surface area contributed by atoms with Gasteiger partial charge in [0.15, 0.2) is 18.1 Å². The van der Waals surface area contributed by atoms with Gasteiger partial charge in [-0.3, -0.25) is 4.79 Å². The van der Waals surface area contributed by atoms with Crippen LogP contribution >= 0.6 is 0 Å². The predicted molar refractivity (Wildman–Crippen MR) is 107 cm³/mol. The van der Waals surface area contributed by atoms with E-state index in [1.54, 1.807) is 24.4 Å². The molecule has 9 heteroatoms. The fourth-order valence-corrected chi connectivity index (χ4v) is 2.78. The standard InChI is InChI=1S/C22H25F3N2O4/c1-29-19-10-15(4-7-18(19)31-14-22(23,24)25)5-8-20(28)26-11-17-6-9-21(27-12-17)30-13-16-2-3-16/h4,6-7,9-10,12,16H,2-3,5,8,11,13-14H2,1H3,(H,26,28). The Morgan fingerprint density at radius 1 is 1.13 bits per heavy atom. The number of aryl methyl sites for hydroxylation is 1. The zero-order valence-corrected chi connectivity index (χ0v) is 17.2. The summed E-state index contributed by atoms with van der Waals surface area (Å²) in [7, 11) is 1.35. The van der Waals surface area contributed by atoms with Crippen LogP contribution < -0.4 is 19.5 Å². The molecule has 3 rings (SSSR count). The van der Waals surface area contributed by atoms with Crippen LogP contribution in [0.25, 0.3) is 0 Å². The maximum absolute atomic E-state index is 12.3. The van der Waals surface area contributed by atoms with Crippen LogP contribution in [0.2, 0.25) is 0 Å². The normalized spacial score (nSPS) is 13.5. The molecule has 0 bridgehead atoms. The van der Waals surface area contributed by atoms with Gasteiger partial charge in [0.1, 0.15) is 0 Å². The summed E-state index contributed by atoms with van der Waals surface area (Å²) in [6.07, 6.45) is 0.309. The number of hydrogen-bond donors (Lipinski definition) is 1. The van der Waals surface area contributed by atoms with Gasteiger partial charge in [0, 0.05) is 25.2 Å². The zero-order chi connectivity index (χ0) is 22.3. The molecule has 0 unspecified atom stereocenters. The van der Waals surface area contributed by atoms with E-state index in [-0.39, 0.29) is 23.8 Å². The average Bonchev–Trinajstić information content (AvgIpc) is 3.58. The molecule has 2 aromatic rings. The van der Waals surface area contributed by atoms with Gasteiger partial charge in [-0.25, -0.2) is 4.98 Å². The Balaban J connectivity index is 1.42. The Morgan fingerprint density at radius 3 is 2.55 bits per heavy atom. The molecule has 0 radical (unpaired) electrons. The first kappa shape index (κ1) is 22.7. The number of aromatic nitrogens is 1. The Hall–Kier alpha value is -2.97. The summed E-state index contributed by atoms with van der Waals surface area (Å²) in [4.78, 5) is 16.4. The number of nitrogens with zero attached hydrogens (tertiary/aromatic N) is 1. The fourth-order valence-electron chi connectivity index (χ4n) is 2.78.